The molecule has 2 aromatic carbocycles. The summed E-state index contributed by atoms with van der Waals surface area (Å²) in [6, 6.07) is 16.3. The van der Waals surface area contributed by atoms with E-state index >= 15 is 0 Å². The molecule has 0 saturated heterocycles. The van der Waals surface area contributed by atoms with Crippen LogP contribution in [0, 0.1) is 5.82 Å². The van der Waals surface area contributed by atoms with Gasteiger partial charge in [-0.15, -0.1) is 0 Å². The van der Waals surface area contributed by atoms with Gasteiger partial charge in [-0.3, -0.25) is 19.5 Å². The molecule has 0 fully saturated rings. The molecule has 0 aliphatic carbocycles. The number of aromatic nitrogens is 4. The van der Waals surface area contributed by atoms with E-state index in [1.54, 1.807) is 36.7 Å². The third kappa shape index (κ3) is 5.11. The van der Waals surface area contributed by atoms with Gasteiger partial charge in [-0.2, -0.15) is 0 Å². The molecule has 0 spiro atoms. The van der Waals surface area contributed by atoms with Crippen LogP contribution in [0.2, 0.25) is 0 Å². The lowest BCUT2D eigenvalue weighted by atomic mass is 10.0. The second-order valence-electron chi connectivity index (χ2n) is 8.67. The number of amides is 2. The Kier molecular flexibility index (Phi) is 6.76. The third-order valence-electron chi connectivity index (χ3n) is 6.20. The number of fused-ring (bicyclic) bond motifs is 1. The molecular weight excluding hydrogens is 471 g/mol. The summed E-state index contributed by atoms with van der Waals surface area (Å²) in [6.45, 7) is 0.267. The standard InChI is InChI=1S/C28H25FN6O2/c1-34-13-10-20-15-23(7-8-25(20)34)35(28(37)24-17-31-18-33-24)26(21-5-3-11-30-16-21)27(36)32-12-9-19-4-2-6-22(29)14-19/h2-8,10-11,13-18,26H,9,12H2,1H3,(H,31,33)(H,32,36). The molecular formula is C28H25FN6O2. The average Bonchev–Trinajstić information content (AvgIpc) is 3.57. The van der Waals surface area contributed by atoms with E-state index in [9.17, 15) is 14.0 Å². The lowest BCUT2D eigenvalue weighted by Crippen LogP contribution is -2.44. The predicted octanol–water partition coefficient (Wildman–Crippen LogP) is 4.18. The van der Waals surface area contributed by atoms with Gasteiger partial charge in [0, 0.05) is 54.3 Å². The Morgan fingerprint density at radius 3 is 2.73 bits per heavy atom. The number of aromatic amines is 1. The van der Waals surface area contributed by atoms with Crippen LogP contribution in [0.1, 0.15) is 27.7 Å². The number of nitrogens with one attached hydrogen (secondary N) is 2. The SMILES string of the molecule is Cn1ccc2cc(N(C(=O)c3cnc[nH]3)C(C(=O)NCCc3cccc(F)c3)c3cccnc3)ccc21. The smallest absolute Gasteiger partial charge is 0.277 e. The highest BCUT2D eigenvalue weighted by atomic mass is 19.1. The summed E-state index contributed by atoms with van der Waals surface area (Å²) in [5.41, 5.74) is 3.10. The van der Waals surface area contributed by atoms with Crippen LogP contribution in [0.3, 0.4) is 0 Å². The Bertz CT molecular complexity index is 1530. The van der Waals surface area contributed by atoms with E-state index in [0.29, 0.717) is 17.7 Å². The number of rotatable bonds is 8. The number of imidazole rings is 1. The zero-order chi connectivity index (χ0) is 25.8. The summed E-state index contributed by atoms with van der Waals surface area (Å²) in [5.74, 6) is -1.13. The van der Waals surface area contributed by atoms with Crippen molar-refractivity contribution in [3.05, 3.63) is 114 Å². The number of carbonyl (C=O) groups excluding carboxylic acids is 2. The summed E-state index contributed by atoms with van der Waals surface area (Å²) in [4.78, 5) is 40.0. The van der Waals surface area contributed by atoms with Crippen molar-refractivity contribution in [2.24, 2.45) is 7.05 Å². The monoisotopic (exact) mass is 496 g/mol. The van der Waals surface area contributed by atoms with E-state index < -0.39 is 11.9 Å². The number of aryl methyl sites for hydroxylation is 1. The lowest BCUT2D eigenvalue weighted by molar-refractivity contribution is -0.122. The quantitative estimate of drug-likeness (QED) is 0.337. The minimum atomic E-state index is -1.02. The fourth-order valence-electron chi connectivity index (χ4n) is 4.38. The minimum absolute atomic E-state index is 0.245. The average molecular weight is 497 g/mol. The van der Waals surface area contributed by atoms with Crippen LogP contribution in [0.5, 0.6) is 0 Å². The highest BCUT2D eigenvalue weighted by molar-refractivity contribution is 6.09. The van der Waals surface area contributed by atoms with Crippen molar-refractivity contribution in [3.8, 4) is 0 Å². The van der Waals surface area contributed by atoms with Gasteiger partial charge in [-0.25, -0.2) is 9.37 Å². The van der Waals surface area contributed by atoms with E-state index in [4.69, 9.17) is 0 Å². The number of hydrogen-bond donors (Lipinski definition) is 2. The summed E-state index contributed by atoms with van der Waals surface area (Å²) in [7, 11) is 1.94. The maximum Gasteiger partial charge on any atom is 0.277 e. The Morgan fingerprint density at radius 1 is 1.08 bits per heavy atom. The Morgan fingerprint density at radius 2 is 1.97 bits per heavy atom. The van der Waals surface area contributed by atoms with Crippen molar-refractivity contribution in [1.29, 1.82) is 0 Å². The number of pyridine rings is 1. The summed E-state index contributed by atoms with van der Waals surface area (Å²) < 4.78 is 15.6. The molecule has 0 aliphatic heterocycles. The number of hydrogen-bond acceptors (Lipinski definition) is 4. The molecule has 5 rings (SSSR count). The Labute approximate surface area is 212 Å². The van der Waals surface area contributed by atoms with E-state index in [0.717, 1.165) is 16.5 Å². The number of H-pyrrole nitrogens is 1. The van der Waals surface area contributed by atoms with Crippen molar-refractivity contribution < 1.29 is 14.0 Å². The van der Waals surface area contributed by atoms with Crippen LogP contribution in [-0.4, -0.2) is 37.9 Å². The summed E-state index contributed by atoms with van der Waals surface area (Å²) in [6.07, 6.45) is 8.41. The van der Waals surface area contributed by atoms with Gasteiger partial charge in [0.05, 0.1) is 12.5 Å². The largest absolute Gasteiger partial charge is 0.354 e. The van der Waals surface area contributed by atoms with Crippen molar-refractivity contribution in [2.75, 3.05) is 11.4 Å². The first-order chi connectivity index (χ1) is 18.0. The van der Waals surface area contributed by atoms with Crippen molar-refractivity contribution in [1.82, 2.24) is 24.8 Å². The molecule has 5 aromatic rings. The van der Waals surface area contributed by atoms with Gasteiger partial charge < -0.3 is 14.9 Å². The molecule has 3 aromatic heterocycles. The van der Waals surface area contributed by atoms with Gasteiger partial charge in [0.25, 0.3) is 5.91 Å². The van der Waals surface area contributed by atoms with E-state index in [1.807, 2.05) is 42.1 Å². The van der Waals surface area contributed by atoms with Gasteiger partial charge >= 0.3 is 0 Å². The molecule has 0 aliphatic rings. The van der Waals surface area contributed by atoms with Crippen LogP contribution < -0.4 is 10.2 Å². The number of benzene rings is 2. The molecule has 3 heterocycles. The zero-order valence-corrected chi connectivity index (χ0v) is 20.1. The van der Waals surface area contributed by atoms with Crippen LogP contribution in [-0.2, 0) is 18.3 Å². The molecule has 1 unspecified atom stereocenters. The fraction of sp³-hybridized carbons (Fsp3) is 0.143. The van der Waals surface area contributed by atoms with Gasteiger partial charge in [0.2, 0.25) is 5.91 Å². The van der Waals surface area contributed by atoms with E-state index in [1.165, 1.54) is 29.6 Å². The molecule has 186 valence electrons. The molecule has 37 heavy (non-hydrogen) atoms. The Balaban J connectivity index is 1.52. The number of nitrogens with zero attached hydrogens (tertiary/aromatic N) is 4. The van der Waals surface area contributed by atoms with Gasteiger partial charge in [-0.05, 0) is 54.4 Å². The van der Waals surface area contributed by atoms with Gasteiger partial charge in [-0.1, -0.05) is 18.2 Å². The van der Waals surface area contributed by atoms with E-state index in [-0.39, 0.29) is 24.0 Å². The van der Waals surface area contributed by atoms with Crippen LogP contribution in [0.4, 0.5) is 10.1 Å². The molecule has 2 N–H and O–H groups in total. The van der Waals surface area contributed by atoms with Crippen molar-refractivity contribution in [3.63, 3.8) is 0 Å². The predicted molar refractivity (Wildman–Crippen MR) is 138 cm³/mol. The first kappa shape index (κ1) is 23.9. The highest BCUT2D eigenvalue weighted by Gasteiger charge is 2.34. The zero-order valence-electron chi connectivity index (χ0n) is 20.1. The molecule has 0 bridgehead atoms. The molecule has 8 nitrogen and oxygen atoms in total. The topological polar surface area (TPSA) is 95.9 Å². The number of anilines is 1. The van der Waals surface area contributed by atoms with Crippen molar-refractivity contribution in [2.45, 2.75) is 12.5 Å². The molecule has 0 radical (unpaired) electrons. The molecule has 2 amide bonds. The summed E-state index contributed by atoms with van der Waals surface area (Å²) >= 11 is 0. The molecule has 9 heteroatoms. The Hall–Kier alpha value is -4.79. The van der Waals surface area contributed by atoms with Crippen LogP contribution in [0.25, 0.3) is 10.9 Å². The second-order valence-corrected chi connectivity index (χ2v) is 8.67. The van der Waals surface area contributed by atoms with Gasteiger partial charge in [0.1, 0.15) is 17.6 Å². The molecule has 0 saturated carbocycles. The minimum Gasteiger partial charge on any atom is -0.354 e. The first-order valence-corrected chi connectivity index (χ1v) is 11.8. The summed E-state index contributed by atoms with van der Waals surface area (Å²) in [5, 5.41) is 3.86. The number of halogens is 1. The van der Waals surface area contributed by atoms with Crippen molar-refractivity contribution >= 4 is 28.4 Å². The van der Waals surface area contributed by atoms with Crippen LogP contribution in [0.15, 0.2) is 91.8 Å². The van der Waals surface area contributed by atoms with Gasteiger partial charge in [0.15, 0.2) is 0 Å². The second kappa shape index (κ2) is 10.4. The number of carbonyl (C=O) groups is 2. The maximum atomic E-state index is 13.8. The fourth-order valence-corrected chi connectivity index (χ4v) is 4.38. The normalized spacial score (nSPS) is 11.8. The molecule has 1 atom stereocenters. The first-order valence-electron chi connectivity index (χ1n) is 11.8. The van der Waals surface area contributed by atoms with E-state index in [2.05, 4.69) is 20.3 Å². The maximum absolute atomic E-state index is 13.8. The highest BCUT2D eigenvalue weighted by Crippen LogP contribution is 2.31. The van der Waals surface area contributed by atoms with Crippen LogP contribution >= 0.6 is 0 Å². The lowest BCUT2D eigenvalue weighted by Gasteiger charge is -2.31. The third-order valence-corrected chi connectivity index (χ3v) is 6.20.